The highest BCUT2D eigenvalue weighted by molar-refractivity contribution is 6.30. The second-order valence-electron chi connectivity index (χ2n) is 12.1. The van der Waals surface area contributed by atoms with E-state index in [0.29, 0.717) is 58.0 Å². The Labute approximate surface area is 297 Å². The number of fused-ring (bicyclic) bond motifs is 1. The average Bonchev–Trinajstić information content (AvgIpc) is 3.68. The Morgan fingerprint density at radius 2 is 1.86 bits per heavy atom. The number of hydrogen-bond acceptors (Lipinski definition) is 9. The number of benzene rings is 3. The van der Waals surface area contributed by atoms with Crippen LogP contribution in [0.1, 0.15) is 63.2 Å². The number of ether oxygens (including phenoxy) is 1. The highest BCUT2D eigenvalue weighted by Gasteiger charge is 2.38. The summed E-state index contributed by atoms with van der Waals surface area (Å²) >= 11 is 6.27. The van der Waals surface area contributed by atoms with E-state index in [4.69, 9.17) is 16.3 Å². The first-order valence-electron chi connectivity index (χ1n) is 16.4. The molecule has 6 rings (SSSR count). The van der Waals surface area contributed by atoms with Crippen molar-refractivity contribution in [2.24, 2.45) is 5.92 Å². The van der Waals surface area contributed by atoms with Crippen LogP contribution >= 0.6 is 11.6 Å². The standard InChI is InChI=1S/C36H34ClN7O7/c1-2-51-36(50)24-5-4-17-42(20-24)34(47)29-7-3-6-28-27(29)16-18-43(32(28)33(46)39-26-12-8-22(9-13-26)35(48)49)31(45)15-10-23-19-25(37)11-14-30(23)44-21-38-40-41-44/h3,6-15,19,21,24,32H,2,4-5,16-18,20H2,1H3,(H,39,46)(H,48,49)/b15-10+/t24-,32?/m0/s1. The maximum atomic E-state index is 14.1. The number of anilines is 1. The normalized spacial score (nSPS) is 17.1. The van der Waals surface area contributed by atoms with E-state index in [2.05, 4.69) is 20.8 Å². The van der Waals surface area contributed by atoms with Crippen molar-refractivity contribution >= 4 is 53.0 Å². The van der Waals surface area contributed by atoms with Gasteiger partial charge in [0.1, 0.15) is 12.4 Å². The summed E-state index contributed by atoms with van der Waals surface area (Å²) in [5, 5.41) is 23.8. The number of piperidine rings is 1. The lowest BCUT2D eigenvalue weighted by molar-refractivity contribution is -0.149. The smallest absolute Gasteiger partial charge is 0.335 e. The maximum Gasteiger partial charge on any atom is 0.335 e. The van der Waals surface area contributed by atoms with Gasteiger partial charge in [0.05, 0.1) is 23.8 Å². The summed E-state index contributed by atoms with van der Waals surface area (Å²) in [6, 6.07) is 14.6. The van der Waals surface area contributed by atoms with Crippen LogP contribution in [-0.4, -0.2) is 91.0 Å². The van der Waals surface area contributed by atoms with Crippen molar-refractivity contribution in [1.82, 2.24) is 30.0 Å². The molecular formula is C36H34ClN7O7. The Bertz CT molecular complexity index is 2000. The summed E-state index contributed by atoms with van der Waals surface area (Å²) in [4.78, 5) is 69.0. The van der Waals surface area contributed by atoms with E-state index in [0.717, 1.165) is 0 Å². The van der Waals surface area contributed by atoms with Crippen LogP contribution in [0.15, 0.2) is 73.1 Å². The van der Waals surface area contributed by atoms with Gasteiger partial charge in [-0.25, -0.2) is 4.79 Å². The van der Waals surface area contributed by atoms with E-state index >= 15 is 0 Å². The topological polar surface area (TPSA) is 177 Å². The largest absolute Gasteiger partial charge is 0.478 e. The quantitative estimate of drug-likeness (QED) is 0.189. The number of carboxylic acid groups (broad SMARTS) is 1. The summed E-state index contributed by atoms with van der Waals surface area (Å²) in [6.07, 6.45) is 5.87. The van der Waals surface area contributed by atoms with Crippen molar-refractivity contribution in [2.45, 2.75) is 32.2 Å². The molecule has 1 saturated heterocycles. The molecule has 0 bridgehead atoms. The first kappa shape index (κ1) is 35.0. The van der Waals surface area contributed by atoms with Gasteiger partial charge in [0.15, 0.2) is 0 Å². The molecule has 2 atom stereocenters. The Morgan fingerprint density at radius 3 is 2.59 bits per heavy atom. The van der Waals surface area contributed by atoms with Gasteiger partial charge in [-0.1, -0.05) is 23.7 Å². The molecular weight excluding hydrogens is 678 g/mol. The molecule has 0 spiro atoms. The lowest BCUT2D eigenvalue weighted by atomic mass is 9.87. The number of aromatic carboxylic acids is 1. The number of esters is 1. The van der Waals surface area contributed by atoms with Crippen LogP contribution in [0.3, 0.4) is 0 Å². The summed E-state index contributed by atoms with van der Waals surface area (Å²) in [5.74, 6) is -3.16. The van der Waals surface area contributed by atoms with Gasteiger partial charge in [-0.15, -0.1) is 5.10 Å². The predicted octanol–water partition coefficient (Wildman–Crippen LogP) is 4.21. The maximum absolute atomic E-state index is 14.1. The molecule has 3 amide bonds. The number of hydrogen-bond donors (Lipinski definition) is 2. The number of likely N-dealkylation sites (tertiary alicyclic amines) is 1. The Morgan fingerprint density at radius 1 is 1.06 bits per heavy atom. The Kier molecular flexibility index (Phi) is 10.5. The zero-order valence-corrected chi connectivity index (χ0v) is 28.3. The van der Waals surface area contributed by atoms with Gasteiger partial charge < -0.3 is 25.0 Å². The molecule has 1 unspecified atom stereocenters. The Hall–Kier alpha value is -5.89. The van der Waals surface area contributed by atoms with Crippen molar-refractivity contribution < 1.29 is 33.8 Å². The van der Waals surface area contributed by atoms with Crippen LogP contribution < -0.4 is 5.32 Å². The van der Waals surface area contributed by atoms with Gasteiger partial charge >= 0.3 is 11.9 Å². The molecule has 2 aliphatic heterocycles. The van der Waals surface area contributed by atoms with E-state index in [1.165, 1.54) is 46.3 Å². The molecule has 1 aromatic heterocycles. The summed E-state index contributed by atoms with van der Waals surface area (Å²) in [6.45, 7) is 2.81. The van der Waals surface area contributed by atoms with Gasteiger partial charge in [-0.3, -0.25) is 19.2 Å². The molecule has 0 aliphatic carbocycles. The third-order valence-corrected chi connectivity index (χ3v) is 9.14. The third kappa shape index (κ3) is 7.65. The fraction of sp³-hybridized carbons (Fsp3) is 0.278. The molecule has 1 fully saturated rings. The first-order valence-corrected chi connectivity index (χ1v) is 16.8. The van der Waals surface area contributed by atoms with Crippen LogP contribution in [-0.2, 0) is 25.5 Å². The highest BCUT2D eigenvalue weighted by atomic mass is 35.5. The zero-order valence-electron chi connectivity index (χ0n) is 27.6. The fourth-order valence-corrected chi connectivity index (χ4v) is 6.66. The first-order chi connectivity index (χ1) is 24.6. The summed E-state index contributed by atoms with van der Waals surface area (Å²) < 4.78 is 6.65. The molecule has 0 saturated carbocycles. The van der Waals surface area contributed by atoms with Crippen LogP contribution in [0.5, 0.6) is 0 Å². The van der Waals surface area contributed by atoms with E-state index in [1.807, 2.05) is 0 Å². The number of carboxylic acids is 1. The van der Waals surface area contributed by atoms with E-state index in [-0.39, 0.29) is 43.6 Å². The number of carbonyl (C=O) groups is 5. The second-order valence-corrected chi connectivity index (χ2v) is 12.5. The highest BCUT2D eigenvalue weighted by Crippen LogP contribution is 2.35. The lowest BCUT2D eigenvalue weighted by Crippen LogP contribution is -2.46. The average molecular weight is 712 g/mol. The van der Waals surface area contributed by atoms with Gasteiger partial charge in [-0.05, 0) is 102 Å². The third-order valence-electron chi connectivity index (χ3n) is 8.90. The van der Waals surface area contributed by atoms with Gasteiger partial charge in [0.25, 0.3) is 11.8 Å². The van der Waals surface area contributed by atoms with Crippen LogP contribution in [0, 0.1) is 5.92 Å². The number of nitrogens with zero attached hydrogens (tertiary/aromatic N) is 6. The number of tetrazole rings is 1. The number of amides is 3. The van der Waals surface area contributed by atoms with E-state index in [9.17, 15) is 29.1 Å². The predicted molar refractivity (Wildman–Crippen MR) is 185 cm³/mol. The lowest BCUT2D eigenvalue weighted by Gasteiger charge is -2.37. The van der Waals surface area contributed by atoms with E-state index in [1.54, 1.807) is 54.3 Å². The molecule has 2 N–H and O–H groups in total. The van der Waals surface area contributed by atoms with Gasteiger partial charge in [0, 0.05) is 47.5 Å². The molecule has 262 valence electrons. The fourth-order valence-electron chi connectivity index (χ4n) is 6.48. The van der Waals surface area contributed by atoms with Crippen molar-refractivity contribution in [3.8, 4) is 5.69 Å². The summed E-state index contributed by atoms with van der Waals surface area (Å²) in [7, 11) is 0. The summed E-state index contributed by atoms with van der Waals surface area (Å²) in [5.41, 5.74) is 3.00. The number of halogens is 1. The minimum atomic E-state index is -1.15. The minimum Gasteiger partial charge on any atom is -0.478 e. The monoisotopic (exact) mass is 711 g/mol. The van der Waals surface area contributed by atoms with E-state index < -0.39 is 29.7 Å². The minimum absolute atomic E-state index is 0.0473. The molecule has 0 radical (unpaired) electrons. The molecule has 3 heterocycles. The molecule has 3 aromatic carbocycles. The second kappa shape index (κ2) is 15.3. The van der Waals surface area contributed by atoms with Crippen molar-refractivity contribution in [1.29, 1.82) is 0 Å². The number of aromatic nitrogens is 4. The van der Waals surface area contributed by atoms with Gasteiger partial charge in [-0.2, -0.15) is 4.68 Å². The molecule has 14 nitrogen and oxygen atoms in total. The van der Waals surface area contributed by atoms with Crippen LogP contribution in [0.2, 0.25) is 5.02 Å². The van der Waals surface area contributed by atoms with Crippen LogP contribution in [0.4, 0.5) is 5.69 Å². The van der Waals surface area contributed by atoms with Crippen molar-refractivity contribution in [3.63, 3.8) is 0 Å². The van der Waals surface area contributed by atoms with Crippen molar-refractivity contribution in [2.75, 3.05) is 31.6 Å². The molecule has 2 aliphatic rings. The number of nitrogens with one attached hydrogen (secondary N) is 1. The Balaban J connectivity index is 1.33. The van der Waals surface area contributed by atoms with Gasteiger partial charge in [0.2, 0.25) is 5.91 Å². The number of carbonyl (C=O) groups excluding carboxylic acids is 4. The molecule has 15 heteroatoms. The SMILES string of the molecule is CCOC(=O)[C@H]1CCCN(C(=O)c2cccc3c2CCN(C(=O)/C=C/c2cc(Cl)ccc2-n2cnnn2)C3C(=O)Nc2ccc(C(=O)O)cc2)C1. The number of rotatable bonds is 9. The van der Waals surface area contributed by atoms with Crippen LogP contribution in [0.25, 0.3) is 11.8 Å². The zero-order chi connectivity index (χ0) is 36.1. The van der Waals surface area contributed by atoms with Crippen molar-refractivity contribution in [3.05, 3.63) is 106 Å². The molecule has 51 heavy (non-hydrogen) atoms. The molecule has 4 aromatic rings.